The van der Waals surface area contributed by atoms with E-state index in [4.69, 9.17) is 0 Å². The molecule has 2 atom stereocenters. The molecule has 0 aromatic carbocycles. The predicted molar refractivity (Wildman–Crippen MR) is 42.9 cm³/mol. The standard InChI is InChI=1S/C5H9BrOS/c1-8(7)3-2-5(6)4-8/h2-3,5,7H,4H2,1H3. The number of rotatable bonds is 0. The summed E-state index contributed by atoms with van der Waals surface area (Å²) in [4.78, 5) is 0.410. The van der Waals surface area contributed by atoms with Crippen molar-refractivity contribution in [2.45, 2.75) is 4.83 Å². The largest absolute Gasteiger partial charge is 0.348 e. The quantitative estimate of drug-likeness (QED) is 0.590. The molecule has 0 aromatic heterocycles. The molecule has 0 aliphatic carbocycles. The van der Waals surface area contributed by atoms with E-state index in [0.29, 0.717) is 4.83 Å². The first kappa shape index (κ1) is 6.65. The number of hydrogen-bond acceptors (Lipinski definition) is 1. The molecule has 0 bridgehead atoms. The van der Waals surface area contributed by atoms with Crippen molar-refractivity contribution in [2.24, 2.45) is 0 Å². The molecule has 3 heteroatoms. The van der Waals surface area contributed by atoms with Gasteiger partial charge in [0, 0.05) is 10.6 Å². The van der Waals surface area contributed by atoms with E-state index >= 15 is 0 Å². The Bertz CT molecular complexity index is 122. The average molecular weight is 197 g/mol. The fourth-order valence-corrected chi connectivity index (χ4v) is 4.04. The molecule has 1 nitrogen and oxygen atoms in total. The van der Waals surface area contributed by atoms with E-state index in [2.05, 4.69) is 15.9 Å². The Kier molecular flexibility index (Phi) is 1.70. The maximum atomic E-state index is 9.33. The first-order chi connectivity index (χ1) is 3.60. The summed E-state index contributed by atoms with van der Waals surface area (Å²) in [5.41, 5.74) is 0. The molecule has 0 spiro atoms. The Morgan fingerprint density at radius 2 is 2.50 bits per heavy atom. The molecule has 1 aliphatic heterocycles. The summed E-state index contributed by atoms with van der Waals surface area (Å²) in [6.07, 6.45) is 3.90. The SMILES string of the molecule is CS1(O)C=CC(Br)C1. The van der Waals surface area contributed by atoms with Crippen LogP contribution in [0.5, 0.6) is 0 Å². The van der Waals surface area contributed by atoms with Gasteiger partial charge in [0.25, 0.3) is 0 Å². The third kappa shape index (κ3) is 1.50. The minimum absolute atomic E-state index is 0.410. The average Bonchev–Trinajstić information content (AvgIpc) is 1.82. The van der Waals surface area contributed by atoms with Crippen LogP contribution in [0.3, 0.4) is 0 Å². The van der Waals surface area contributed by atoms with Gasteiger partial charge in [-0.15, -0.1) is 10.3 Å². The summed E-state index contributed by atoms with van der Waals surface area (Å²) < 4.78 is 9.33. The highest BCUT2D eigenvalue weighted by atomic mass is 79.9. The van der Waals surface area contributed by atoms with Crippen LogP contribution in [0.1, 0.15) is 0 Å². The molecule has 0 radical (unpaired) electrons. The van der Waals surface area contributed by atoms with Crippen LogP contribution in [-0.4, -0.2) is 21.4 Å². The van der Waals surface area contributed by atoms with E-state index in [1.54, 1.807) is 0 Å². The third-order valence-electron chi connectivity index (χ3n) is 1.08. The summed E-state index contributed by atoms with van der Waals surface area (Å²) in [7, 11) is -1.32. The van der Waals surface area contributed by atoms with E-state index in [0.717, 1.165) is 5.75 Å². The van der Waals surface area contributed by atoms with Gasteiger partial charge in [0.2, 0.25) is 0 Å². The molecule has 1 rings (SSSR count). The van der Waals surface area contributed by atoms with Crippen molar-refractivity contribution in [3.63, 3.8) is 0 Å². The van der Waals surface area contributed by atoms with Crippen LogP contribution in [0.4, 0.5) is 0 Å². The van der Waals surface area contributed by atoms with Gasteiger partial charge in [-0.3, -0.25) is 0 Å². The minimum Gasteiger partial charge on any atom is -0.348 e. The molecule has 0 amide bonds. The van der Waals surface area contributed by atoms with Crippen molar-refractivity contribution >= 4 is 26.2 Å². The van der Waals surface area contributed by atoms with Gasteiger partial charge in [-0.05, 0) is 11.7 Å². The molecule has 8 heavy (non-hydrogen) atoms. The lowest BCUT2D eigenvalue weighted by molar-refractivity contribution is 0.642. The Morgan fingerprint density at radius 3 is 2.62 bits per heavy atom. The van der Waals surface area contributed by atoms with Crippen LogP contribution in [0.2, 0.25) is 0 Å². The number of halogens is 1. The van der Waals surface area contributed by atoms with E-state index < -0.39 is 10.3 Å². The van der Waals surface area contributed by atoms with Crippen molar-refractivity contribution in [1.82, 2.24) is 0 Å². The van der Waals surface area contributed by atoms with E-state index in [1.807, 2.05) is 17.7 Å². The molecule has 0 aromatic rings. The first-order valence-corrected chi connectivity index (χ1v) is 5.55. The Labute approximate surface area is 59.4 Å². The summed E-state index contributed by atoms with van der Waals surface area (Å²) in [6.45, 7) is 0. The van der Waals surface area contributed by atoms with Crippen molar-refractivity contribution in [1.29, 1.82) is 0 Å². The zero-order valence-corrected chi connectivity index (χ0v) is 7.08. The summed E-state index contributed by atoms with van der Waals surface area (Å²) in [5, 5.41) is 1.91. The van der Waals surface area contributed by atoms with Crippen molar-refractivity contribution in [3.8, 4) is 0 Å². The molecule has 1 heterocycles. The fourth-order valence-electron chi connectivity index (χ4n) is 0.688. The topological polar surface area (TPSA) is 20.2 Å². The summed E-state index contributed by atoms with van der Waals surface area (Å²) in [6, 6.07) is 0. The Balaban J connectivity index is 2.58. The highest BCUT2D eigenvalue weighted by Crippen LogP contribution is 2.47. The summed E-state index contributed by atoms with van der Waals surface area (Å²) in [5.74, 6) is 0.882. The Hall–Kier alpha value is 0.530. The predicted octanol–water partition coefficient (Wildman–Crippen LogP) is 2.18. The molecule has 48 valence electrons. The zero-order chi connectivity index (χ0) is 6.20. The highest BCUT2D eigenvalue weighted by molar-refractivity contribution is 9.09. The van der Waals surface area contributed by atoms with E-state index in [1.165, 1.54) is 0 Å². The van der Waals surface area contributed by atoms with Gasteiger partial charge >= 0.3 is 0 Å². The molecule has 0 fully saturated rings. The number of hydrogen-bond donors (Lipinski definition) is 1. The van der Waals surface area contributed by atoms with Crippen LogP contribution in [0.25, 0.3) is 0 Å². The molecular formula is C5H9BrOS. The Morgan fingerprint density at radius 1 is 1.88 bits per heavy atom. The molecule has 1 aliphatic rings. The van der Waals surface area contributed by atoms with Crippen molar-refractivity contribution < 1.29 is 4.55 Å². The van der Waals surface area contributed by atoms with Gasteiger partial charge in [-0.25, -0.2) is 0 Å². The zero-order valence-electron chi connectivity index (χ0n) is 4.67. The lowest BCUT2D eigenvalue weighted by atomic mass is 10.5. The van der Waals surface area contributed by atoms with Crippen LogP contribution in [0.15, 0.2) is 11.5 Å². The van der Waals surface area contributed by atoms with Crippen LogP contribution in [0, 0.1) is 0 Å². The molecule has 0 saturated carbocycles. The van der Waals surface area contributed by atoms with Gasteiger partial charge in [0.05, 0.1) is 0 Å². The normalized spacial score (nSPS) is 53.6. The van der Waals surface area contributed by atoms with E-state index in [-0.39, 0.29) is 0 Å². The second-order valence-corrected chi connectivity index (χ2v) is 6.12. The second kappa shape index (κ2) is 2.05. The van der Waals surface area contributed by atoms with Crippen LogP contribution < -0.4 is 0 Å². The van der Waals surface area contributed by atoms with Crippen LogP contribution >= 0.6 is 26.2 Å². The third-order valence-corrected chi connectivity index (χ3v) is 3.91. The van der Waals surface area contributed by atoms with Gasteiger partial charge in [-0.1, -0.05) is 22.0 Å². The molecular weight excluding hydrogens is 188 g/mol. The monoisotopic (exact) mass is 196 g/mol. The first-order valence-electron chi connectivity index (χ1n) is 2.41. The minimum atomic E-state index is -1.32. The van der Waals surface area contributed by atoms with Crippen molar-refractivity contribution in [2.75, 3.05) is 12.0 Å². The van der Waals surface area contributed by atoms with Gasteiger partial charge in [-0.2, -0.15) is 0 Å². The van der Waals surface area contributed by atoms with E-state index in [9.17, 15) is 4.55 Å². The fraction of sp³-hybridized carbons (Fsp3) is 0.600. The van der Waals surface area contributed by atoms with Gasteiger partial charge in [0.15, 0.2) is 0 Å². The van der Waals surface area contributed by atoms with Gasteiger partial charge in [0.1, 0.15) is 0 Å². The number of allylic oxidation sites excluding steroid dienone is 1. The van der Waals surface area contributed by atoms with Crippen LogP contribution in [-0.2, 0) is 0 Å². The lowest BCUT2D eigenvalue weighted by Gasteiger charge is -2.19. The molecule has 0 saturated heterocycles. The molecule has 2 unspecified atom stereocenters. The maximum Gasteiger partial charge on any atom is 0.0432 e. The number of alkyl halides is 1. The molecule has 1 N–H and O–H groups in total. The maximum absolute atomic E-state index is 9.33. The smallest absolute Gasteiger partial charge is 0.0432 e. The second-order valence-electron chi connectivity index (χ2n) is 2.12. The summed E-state index contributed by atoms with van der Waals surface area (Å²) >= 11 is 3.39. The highest BCUT2D eigenvalue weighted by Gasteiger charge is 2.20. The lowest BCUT2D eigenvalue weighted by Crippen LogP contribution is -1.99. The van der Waals surface area contributed by atoms with Gasteiger partial charge < -0.3 is 4.55 Å². The van der Waals surface area contributed by atoms with Crippen molar-refractivity contribution in [3.05, 3.63) is 11.5 Å².